The molecule has 1 aromatic rings. The number of nitrogens with zero attached hydrogens (tertiary/aromatic N) is 2. The first kappa shape index (κ1) is 10.9. The second-order valence-corrected chi connectivity index (χ2v) is 3.81. The van der Waals surface area contributed by atoms with Gasteiger partial charge in [0.05, 0.1) is 10.8 Å². The summed E-state index contributed by atoms with van der Waals surface area (Å²) < 4.78 is 0. The number of aliphatic imine (C=N–C) groups is 1. The molecular formula is C10H8N2S2. The van der Waals surface area contributed by atoms with E-state index >= 15 is 0 Å². The average molecular weight is 220 g/mol. The second-order valence-electron chi connectivity index (χ2n) is 2.80. The molecule has 0 saturated carbocycles. The van der Waals surface area contributed by atoms with E-state index in [1.165, 1.54) is 0 Å². The number of thioether (sulfide) groups is 1. The van der Waals surface area contributed by atoms with Crippen LogP contribution in [0.1, 0.15) is 11.1 Å². The van der Waals surface area contributed by atoms with Gasteiger partial charge >= 0.3 is 0 Å². The van der Waals surface area contributed by atoms with Crippen molar-refractivity contribution in [3.8, 4) is 5.40 Å². The zero-order valence-corrected chi connectivity index (χ0v) is 9.50. The molecule has 0 fully saturated rings. The van der Waals surface area contributed by atoms with E-state index in [0.29, 0.717) is 0 Å². The zero-order valence-electron chi connectivity index (χ0n) is 7.87. The predicted octanol–water partition coefficient (Wildman–Crippen LogP) is 3.61. The van der Waals surface area contributed by atoms with Gasteiger partial charge in [-0.3, -0.25) is 0 Å². The van der Waals surface area contributed by atoms with Crippen LogP contribution < -0.4 is 0 Å². The van der Waals surface area contributed by atoms with E-state index in [1.54, 1.807) is 0 Å². The quantitative estimate of drug-likeness (QED) is 0.330. The highest BCUT2D eigenvalue weighted by Gasteiger charge is 2.03. The highest BCUT2D eigenvalue weighted by atomic mass is 32.2. The van der Waals surface area contributed by atoms with Gasteiger partial charge in [-0.15, -0.1) is 0 Å². The number of hydrogen-bond acceptors (Lipinski definition) is 4. The van der Waals surface area contributed by atoms with Crippen LogP contribution in [-0.2, 0) is 0 Å². The Morgan fingerprint density at radius 1 is 1.36 bits per heavy atom. The minimum Gasteiger partial charge on any atom is -0.194 e. The van der Waals surface area contributed by atoms with Crippen LogP contribution in [0.4, 0.5) is 5.69 Å². The molecule has 0 saturated heterocycles. The summed E-state index contributed by atoms with van der Waals surface area (Å²) in [6.45, 7) is 3.88. The van der Waals surface area contributed by atoms with Gasteiger partial charge in [-0.1, -0.05) is 0 Å². The van der Waals surface area contributed by atoms with E-state index in [9.17, 15) is 0 Å². The summed E-state index contributed by atoms with van der Waals surface area (Å²) in [5.74, 6) is 0. The molecule has 0 aromatic heterocycles. The third kappa shape index (κ3) is 2.43. The second kappa shape index (κ2) is 4.92. The van der Waals surface area contributed by atoms with Crippen LogP contribution in [0.3, 0.4) is 0 Å². The van der Waals surface area contributed by atoms with Crippen molar-refractivity contribution in [2.24, 2.45) is 4.99 Å². The largest absolute Gasteiger partial charge is 0.194 e. The van der Waals surface area contributed by atoms with Gasteiger partial charge in [0, 0.05) is 4.90 Å². The van der Waals surface area contributed by atoms with Crippen LogP contribution in [0.25, 0.3) is 0 Å². The number of rotatable bonds is 2. The topological polar surface area (TPSA) is 36.1 Å². The van der Waals surface area contributed by atoms with Gasteiger partial charge in [-0.05, 0) is 61.1 Å². The molecule has 0 bridgehead atoms. The molecule has 0 aliphatic carbocycles. The maximum Gasteiger partial charge on any atom is 0.138 e. The maximum atomic E-state index is 8.57. The van der Waals surface area contributed by atoms with E-state index in [1.807, 2.05) is 26.0 Å². The normalized spacial score (nSPS) is 8.93. The fourth-order valence-electron chi connectivity index (χ4n) is 1.10. The lowest BCUT2D eigenvalue weighted by Gasteiger charge is -2.04. The van der Waals surface area contributed by atoms with Crippen molar-refractivity contribution in [3.05, 3.63) is 23.3 Å². The number of hydrogen-bond donors (Lipinski definition) is 0. The summed E-state index contributed by atoms with van der Waals surface area (Å²) >= 11 is 5.71. The highest BCUT2D eigenvalue weighted by Crippen LogP contribution is 2.28. The summed E-state index contributed by atoms with van der Waals surface area (Å²) in [4.78, 5) is 4.91. The third-order valence-electron chi connectivity index (χ3n) is 1.82. The predicted molar refractivity (Wildman–Crippen MR) is 62.1 cm³/mol. The lowest BCUT2D eigenvalue weighted by Crippen LogP contribution is -1.82. The summed E-state index contributed by atoms with van der Waals surface area (Å²) in [7, 11) is 0. The van der Waals surface area contributed by atoms with Crippen LogP contribution in [0.5, 0.6) is 0 Å². The van der Waals surface area contributed by atoms with Crippen LogP contribution in [0, 0.1) is 24.5 Å². The Morgan fingerprint density at radius 2 is 2.07 bits per heavy atom. The highest BCUT2D eigenvalue weighted by molar-refractivity contribution is 8.03. The molecular weight excluding hydrogens is 212 g/mol. The summed E-state index contributed by atoms with van der Waals surface area (Å²) in [5.41, 5.74) is 2.86. The molecule has 0 spiro atoms. The molecule has 70 valence electrons. The number of nitriles is 1. The molecule has 0 amide bonds. The molecule has 1 rings (SSSR count). The molecule has 1 aromatic carbocycles. The fraction of sp³-hybridized carbons (Fsp3) is 0.200. The Labute approximate surface area is 92.7 Å². The molecule has 4 heteroatoms. The fourth-order valence-corrected chi connectivity index (χ4v) is 1.76. The molecule has 2 nitrogen and oxygen atoms in total. The zero-order chi connectivity index (χ0) is 10.6. The first-order valence-corrected chi connectivity index (χ1v) is 5.16. The minimum absolute atomic E-state index is 0.819. The first-order valence-electron chi connectivity index (χ1n) is 3.94. The molecule has 0 unspecified atom stereocenters. The SMILES string of the molecule is Cc1cc(SC#N)c(C)cc1N=C=S. The van der Waals surface area contributed by atoms with E-state index in [0.717, 1.165) is 33.5 Å². The Balaban J connectivity index is 3.24. The Bertz CT molecular complexity index is 440. The van der Waals surface area contributed by atoms with Crippen molar-refractivity contribution < 1.29 is 0 Å². The lowest BCUT2D eigenvalue weighted by molar-refractivity contribution is 1.25. The molecule has 0 aliphatic heterocycles. The number of benzene rings is 1. The van der Waals surface area contributed by atoms with E-state index < -0.39 is 0 Å². The molecule has 0 heterocycles. The van der Waals surface area contributed by atoms with Crippen LogP contribution in [0.15, 0.2) is 22.0 Å². The van der Waals surface area contributed by atoms with Gasteiger partial charge in [0.2, 0.25) is 0 Å². The van der Waals surface area contributed by atoms with Gasteiger partial charge < -0.3 is 0 Å². The van der Waals surface area contributed by atoms with Crippen LogP contribution in [-0.4, -0.2) is 5.16 Å². The van der Waals surface area contributed by atoms with Gasteiger partial charge in [0.25, 0.3) is 0 Å². The van der Waals surface area contributed by atoms with Gasteiger partial charge in [0.1, 0.15) is 5.40 Å². The van der Waals surface area contributed by atoms with Crippen molar-refractivity contribution in [2.45, 2.75) is 18.7 Å². The average Bonchev–Trinajstić information content (AvgIpc) is 2.14. The number of thiocarbonyl (C=S) groups is 1. The van der Waals surface area contributed by atoms with E-state index in [2.05, 4.69) is 27.8 Å². The standard InChI is InChI=1S/C10H8N2S2/c1-7-4-10(14-5-11)8(2)3-9(7)12-6-13/h3-4H,1-2H3. The first-order chi connectivity index (χ1) is 6.69. The smallest absolute Gasteiger partial charge is 0.138 e. The summed E-state index contributed by atoms with van der Waals surface area (Å²) in [6, 6.07) is 3.85. The van der Waals surface area contributed by atoms with Crippen molar-refractivity contribution in [2.75, 3.05) is 0 Å². The molecule has 14 heavy (non-hydrogen) atoms. The summed E-state index contributed by atoms with van der Waals surface area (Å²) in [6.07, 6.45) is 0. The van der Waals surface area contributed by atoms with E-state index in [4.69, 9.17) is 5.26 Å². The molecule has 0 aliphatic rings. The Morgan fingerprint density at radius 3 is 2.64 bits per heavy atom. The monoisotopic (exact) mass is 220 g/mol. The van der Waals surface area contributed by atoms with Crippen LogP contribution in [0.2, 0.25) is 0 Å². The van der Waals surface area contributed by atoms with E-state index in [-0.39, 0.29) is 0 Å². The Hall–Kier alpha value is -1.14. The summed E-state index contributed by atoms with van der Waals surface area (Å²) in [5, 5.41) is 13.0. The van der Waals surface area contributed by atoms with Crippen molar-refractivity contribution in [1.29, 1.82) is 5.26 Å². The maximum absolute atomic E-state index is 8.57. The van der Waals surface area contributed by atoms with Crippen LogP contribution >= 0.6 is 24.0 Å². The Kier molecular flexibility index (Phi) is 3.84. The number of thiocyanates is 1. The molecule has 0 radical (unpaired) electrons. The lowest BCUT2D eigenvalue weighted by atomic mass is 10.1. The number of isothiocyanates is 1. The number of aryl methyl sites for hydroxylation is 2. The van der Waals surface area contributed by atoms with Crippen molar-refractivity contribution in [3.63, 3.8) is 0 Å². The van der Waals surface area contributed by atoms with Gasteiger partial charge in [-0.2, -0.15) is 10.3 Å². The van der Waals surface area contributed by atoms with Crippen molar-refractivity contribution in [1.82, 2.24) is 0 Å². The van der Waals surface area contributed by atoms with Gasteiger partial charge in [0.15, 0.2) is 0 Å². The minimum atomic E-state index is 0.819. The third-order valence-corrected chi connectivity index (χ3v) is 2.66. The molecule has 0 N–H and O–H groups in total. The van der Waals surface area contributed by atoms with Crippen molar-refractivity contribution >= 4 is 34.8 Å². The van der Waals surface area contributed by atoms with Gasteiger partial charge in [-0.25, -0.2) is 0 Å². The molecule has 0 atom stereocenters.